The van der Waals surface area contributed by atoms with E-state index in [1.807, 2.05) is 0 Å². The number of halogens is 2. The molecule has 3 atom stereocenters. The molecule has 2 aliphatic rings. The number of hydrogen-bond donors (Lipinski definition) is 3. The van der Waals surface area contributed by atoms with Crippen LogP contribution in [0.1, 0.15) is 38.3 Å². The Morgan fingerprint density at radius 2 is 2.12 bits per heavy atom. The van der Waals surface area contributed by atoms with Crippen LogP contribution in [0, 0.1) is 0 Å². The highest BCUT2D eigenvalue weighted by Gasteiger charge is 2.59. The number of aromatic nitrogens is 2. The quantitative estimate of drug-likeness (QED) is 0.741. The summed E-state index contributed by atoms with van der Waals surface area (Å²) in [5.74, 6) is -3.66. The second kappa shape index (κ2) is 6.73. The molecule has 2 fully saturated rings. The van der Waals surface area contributed by atoms with Crippen molar-refractivity contribution in [3.8, 4) is 0 Å². The number of nitrogen functional groups attached to an aromatic ring is 1. The number of nitrogens with one attached hydrogen (secondary N) is 1. The minimum absolute atomic E-state index is 0.0615. The van der Waals surface area contributed by atoms with Gasteiger partial charge in [0.15, 0.2) is 0 Å². The first-order chi connectivity index (χ1) is 11.4. The Hall–Kier alpha value is -1.58. The van der Waals surface area contributed by atoms with Crippen molar-refractivity contribution in [3.63, 3.8) is 0 Å². The number of nitrogens with two attached hydrogens (primary N) is 1. The summed E-state index contributed by atoms with van der Waals surface area (Å²) in [6.07, 6.45) is 1.49. The van der Waals surface area contributed by atoms with Crippen LogP contribution in [0.25, 0.3) is 0 Å². The van der Waals surface area contributed by atoms with E-state index >= 15 is 0 Å². The van der Waals surface area contributed by atoms with Gasteiger partial charge in [0.1, 0.15) is 18.0 Å². The van der Waals surface area contributed by atoms with Crippen molar-refractivity contribution in [1.82, 2.24) is 14.9 Å². The van der Waals surface area contributed by atoms with Crippen molar-refractivity contribution in [2.45, 2.75) is 62.5 Å². The second-order valence-electron chi connectivity index (χ2n) is 6.43. The topological polar surface area (TPSA) is 102 Å². The van der Waals surface area contributed by atoms with Crippen LogP contribution in [-0.2, 0) is 4.74 Å². The summed E-state index contributed by atoms with van der Waals surface area (Å²) in [7, 11) is 0. The van der Waals surface area contributed by atoms with Crippen molar-refractivity contribution < 1.29 is 18.6 Å². The molecule has 0 aromatic carbocycles. The first-order valence-corrected chi connectivity index (χ1v) is 8.19. The van der Waals surface area contributed by atoms with Gasteiger partial charge in [0, 0.05) is 18.8 Å². The van der Waals surface area contributed by atoms with Crippen molar-refractivity contribution in [1.29, 1.82) is 0 Å². The van der Waals surface area contributed by atoms with Crippen LogP contribution in [0.3, 0.4) is 0 Å². The van der Waals surface area contributed by atoms with E-state index in [2.05, 4.69) is 10.3 Å². The van der Waals surface area contributed by atoms with E-state index in [1.165, 1.54) is 12.5 Å². The summed E-state index contributed by atoms with van der Waals surface area (Å²) >= 11 is 0. The van der Waals surface area contributed by atoms with Crippen LogP contribution in [0.2, 0.25) is 0 Å². The monoisotopic (exact) mass is 344 g/mol. The van der Waals surface area contributed by atoms with Gasteiger partial charge in [-0.1, -0.05) is 19.3 Å². The first-order valence-electron chi connectivity index (χ1n) is 8.19. The van der Waals surface area contributed by atoms with Crippen molar-refractivity contribution in [3.05, 3.63) is 22.7 Å². The minimum Gasteiger partial charge on any atom is -0.384 e. The predicted molar refractivity (Wildman–Crippen MR) is 82.6 cm³/mol. The smallest absolute Gasteiger partial charge is 0.351 e. The zero-order valence-electron chi connectivity index (χ0n) is 13.2. The Morgan fingerprint density at radius 1 is 1.42 bits per heavy atom. The molecule has 4 N–H and O–H groups in total. The van der Waals surface area contributed by atoms with Crippen molar-refractivity contribution >= 4 is 5.82 Å². The Balaban J connectivity index is 1.71. The van der Waals surface area contributed by atoms with Gasteiger partial charge in [-0.3, -0.25) is 4.57 Å². The highest BCUT2D eigenvalue weighted by molar-refractivity contribution is 5.23. The Morgan fingerprint density at radius 3 is 2.79 bits per heavy atom. The summed E-state index contributed by atoms with van der Waals surface area (Å²) in [5, 5.41) is 13.1. The molecule has 0 bridgehead atoms. The van der Waals surface area contributed by atoms with Gasteiger partial charge in [0.2, 0.25) is 6.23 Å². The second-order valence-corrected chi connectivity index (χ2v) is 6.43. The fraction of sp³-hybridized carbons (Fsp3) is 0.733. The van der Waals surface area contributed by atoms with Gasteiger partial charge < -0.3 is 20.9 Å². The van der Waals surface area contributed by atoms with Crippen molar-refractivity contribution in [2.24, 2.45) is 0 Å². The first kappa shape index (κ1) is 17.2. The van der Waals surface area contributed by atoms with Crippen LogP contribution in [0.15, 0.2) is 17.1 Å². The van der Waals surface area contributed by atoms with E-state index < -0.39 is 30.0 Å². The third-order valence-electron chi connectivity index (χ3n) is 4.70. The normalized spacial score (nSPS) is 30.5. The van der Waals surface area contributed by atoms with E-state index in [0.717, 1.165) is 31.9 Å². The molecule has 1 aromatic rings. The molecule has 9 heteroatoms. The van der Waals surface area contributed by atoms with Crippen LogP contribution in [0.4, 0.5) is 14.6 Å². The summed E-state index contributed by atoms with van der Waals surface area (Å²) in [6.45, 7) is 0.106. The number of hydrogen-bond acceptors (Lipinski definition) is 6. The van der Waals surface area contributed by atoms with Gasteiger partial charge in [-0.2, -0.15) is 13.8 Å². The number of aliphatic hydroxyl groups is 1. The third-order valence-corrected chi connectivity index (χ3v) is 4.70. The third kappa shape index (κ3) is 3.28. The average molecular weight is 344 g/mol. The SMILES string of the molecule is Nc1ccn([C@@H]2OC(CNC3CCCCC3)[C@@H](O)C2(F)F)c(=O)n1. The Labute approximate surface area is 137 Å². The lowest BCUT2D eigenvalue weighted by molar-refractivity contribution is -0.140. The lowest BCUT2D eigenvalue weighted by Crippen LogP contribution is -2.44. The summed E-state index contributed by atoms with van der Waals surface area (Å²) < 4.78 is 34.7. The fourth-order valence-corrected chi connectivity index (χ4v) is 3.33. The molecule has 1 saturated carbocycles. The summed E-state index contributed by atoms with van der Waals surface area (Å²) in [6, 6.07) is 1.49. The lowest BCUT2D eigenvalue weighted by Gasteiger charge is -2.25. The molecule has 1 aliphatic heterocycles. The maximum Gasteiger partial charge on any atom is 0.351 e. The number of alkyl halides is 2. The van der Waals surface area contributed by atoms with Crippen LogP contribution in [-0.4, -0.2) is 45.4 Å². The molecular weight excluding hydrogens is 322 g/mol. The standard InChI is InChI=1S/C15H22F2N4O3/c16-15(17)12(22)10(8-19-9-4-2-1-3-5-9)24-13(15)21-7-6-11(18)20-14(21)23/h6-7,9-10,12-13,19,22H,1-5,8H2,(H2,18,20,23)/t10?,12-,13-/m1/s1. The molecule has 0 amide bonds. The Bertz CT molecular complexity index is 633. The number of aliphatic hydroxyl groups excluding tert-OH is 1. The van der Waals surface area contributed by atoms with Gasteiger partial charge in [-0.15, -0.1) is 0 Å². The maximum absolute atomic E-state index is 14.4. The van der Waals surface area contributed by atoms with Gasteiger partial charge in [0.25, 0.3) is 0 Å². The molecule has 0 radical (unpaired) electrons. The average Bonchev–Trinajstić information content (AvgIpc) is 2.77. The van der Waals surface area contributed by atoms with Gasteiger partial charge >= 0.3 is 11.6 Å². The fourth-order valence-electron chi connectivity index (χ4n) is 3.33. The number of rotatable bonds is 4. The minimum atomic E-state index is -3.60. The maximum atomic E-state index is 14.4. The highest BCUT2D eigenvalue weighted by atomic mass is 19.3. The van der Waals surface area contributed by atoms with E-state index in [-0.39, 0.29) is 18.4 Å². The molecule has 3 rings (SSSR count). The van der Waals surface area contributed by atoms with Crippen LogP contribution >= 0.6 is 0 Å². The predicted octanol–water partition coefficient (Wildman–Crippen LogP) is 0.641. The molecular formula is C15H22F2N4O3. The molecule has 7 nitrogen and oxygen atoms in total. The van der Waals surface area contributed by atoms with E-state index in [9.17, 15) is 18.7 Å². The molecule has 0 spiro atoms. The zero-order valence-corrected chi connectivity index (χ0v) is 13.2. The molecule has 1 aliphatic carbocycles. The van der Waals surface area contributed by atoms with Gasteiger partial charge in [-0.25, -0.2) is 4.79 Å². The Kier molecular flexibility index (Phi) is 4.84. The highest BCUT2D eigenvalue weighted by Crippen LogP contribution is 2.42. The van der Waals surface area contributed by atoms with Crippen LogP contribution < -0.4 is 16.7 Å². The number of anilines is 1. The van der Waals surface area contributed by atoms with E-state index in [4.69, 9.17) is 10.5 Å². The number of nitrogens with zero attached hydrogens (tertiary/aromatic N) is 2. The zero-order chi connectivity index (χ0) is 17.3. The molecule has 1 saturated heterocycles. The lowest BCUT2D eigenvalue weighted by atomic mass is 9.95. The van der Waals surface area contributed by atoms with E-state index in [1.54, 1.807) is 0 Å². The molecule has 2 heterocycles. The number of ether oxygens (including phenoxy) is 1. The largest absolute Gasteiger partial charge is 0.384 e. The molecule has 1 unspecified atom stereocenters. The summed E-state index contributed by atoms with van der Waals surface area (Å²) in [5.41, 5.74) is 4.43. The summed E-state index contributed by atoms with van der Waals surface area (Å²) in [4.78, 5) is 15.2. The molecule has 134 valence electrons. The van der Waals surface area contributed by atoms with Gasteiger partial charge in [-0.05, 0) is 18.9 Å². The van der Waals surface area contributed by atoms with E-state index in [0.29, 0.717) is 4.57 Å². The molecule has 24 heavy (non-hydrogen) atoms. The van der Waals surface area contributed by atoms with Crippen molar-refractivity contribution in [2.75, 3.05) is 12.3 Å². The molecule has 1 aromatic heterocycles. The van der Waals surface area contributed by atoms with Crippen LogP contribution in [0.5, 0.6) is 0 Å². The van der Waals surface area contributed by atoms with Gasteiger partial charge in [0.05, 0.1) is 0 Å².